The molecule has 0 N–H and O–H groups in total. The van der Waals surface area contributed by atoms with Crippen LogP contribution in [0, 0.1) is 14.9 Å². The van der Waals surface area contributed by atoms with Gasteiger partial charge in [0.25, 0.3) is 5.56 Å². The summed E-state index contributed by atoms with van der Waals surface area (Å²) in [7, 11) is 1.64. The summed E-state index contributed by atoms with van der Waals surface area (Å²) in [5.41, 5.74) is 2.00. The topological polar surface area (TPSA) is 45.8 Å². The van der Waals surface area contributed by atoms with Crippen molar-refractivity contribution in [1.82, 2.24) is 4.57 Å². The molecule has 2 aromatic carbocycles. The van der Waals surface area contributed by atoms with Gasteiger partial charge in [0.2, 0.25) is 0 Å². The van der Waals surface area contributed by atoms with E-state index in [1.165, 1.54) is 4.57 Å². The van der Waals surface area contributed by atoms with Gasteiger partial charge in [0.05, 0.1) is 0 Å². The van der Waals surface area contributed by atoms with Gasteiger partial charge < -0.3 is 4.57 Å². The van der Waals surface area contributed by atoms with Crippen molar-refractivity contribution < 1.29 is 0 Å². The Morgan fingerprint density at radius 2 is 1.81 bits per heavy atom. The summed E-state index contributed by atoms with van der Waals surface area (Å²) in [4.78, 5) is 12.4. The number of rotatable bonds is 1. The molecule has 3 rings (SSSR count). The molecular formula is C17H11IN2O. The first kappa shape index (κ1) is 13.8. The number of hydrogen-bond donors (Lipinski definition) is 0. The average Bonchev–Trinajstić information content (AvgIpc) is 2.51. The number of hydrogen-bond acceptors (Lipinski definition) is 2. The van der Waals surface area contributed by atoms with Gasteiger partial charge in [-0.15, -0.1) is 0 Å². The molecule has 102 valence electrons. The SMILES string of the molecule is Cn1c(C#N)c(-c2ccccc2)c2cc(I)ccc2c1=O. The maximum atomic E-state index is 12.4. The number of benzene rings is 2. The van der Waals surface area contributed by atoms with E-state index in [1.807, 2.05) is 48.5 Å². The minimum absolute atomic E-state index is 0.141. The zero-order valence-corrected chi connectivity index (χ0v) is 13.5. The molecule has 0 saturated carbocycles. The number of pyridine rings is 1. The van der Waals surface area contributed by atoms with Gasteiger partial charge in [-0.25, -0.2) is 0 Å². The first-order chi connectivity index (χ1) is 10.1. The Bertz CT molecular complexity index is 937. The molecule has 0 amide bonds. The highest BCUT2D eigenvalue weighted by atomic mass is 127. The van der Waals surface area contributed by atoms with Crippen LogP contribution in [-0.2, 0) is 7.05 Å². The van der Waals surface area contributed by atoms with Crippen molar-refractivity contribution >= 4 is 33.4 Å². The smallest absolute Gasteiger partial charge is 0.259 e. The molecule has 0 aliphatic heterocycles. The van der Waals surface area contributed by atoms with E-state index in [4.69, 9.17) is 0 Å². The Labute approximate surface area is 135 Å². The van der Waals surface area contributed by atoms with Crippen LogP contribution in [0.15, 0.2) is 53.3 Å². The normalized spacial score (nSPS) is 10.5. The first-order valence-electron chi connectivity index (χ1n) is 6.41. The quantitative estimate of drug-likeness (QED) is 0.599. The summed E-state index contributed by atoms with van der Waals surface area (Å²) in [6, 6.07) is 17.6. The molecule has 21 heavy (non-hydrogen) atoms. The molecule has 0 fully saturated rings. The van der Waals surface area contributed by atoms with Crippen LogP contribution in [0.5, 0.6) is 0 Å². The van der Waals surface area contributed by atoms with Crippen LogP contribution in [0.1, 0.15) is 5.69 Å². The fourth-order valence-electron chi connectivity index (χ4n) is 2.52. The van der Waals surface area contributed by atoms with Gasteiger partial charge in [-0.3, -0.25) is 4.79 Å². The highest BCUT2D eigenvalue weighted by Crippen LogP contribution is 2.30. The van der Waals surface area contributed by atoms with Gasteiger partial charge >= 0.3 is 0 Å². The first-order valence-corrected chi connectivity index (χ1v) is 7.49. The molecule has 0 spiro atoms. The zero-order valence-electron chi connectivity index (χ0n) is 11.3. The summed E-state index contributed by atoms with van der Waals surface area (Å²) >= 11 is 2.22. The van der Waals surface area contributed by atoms with Crippen LogP contribution >= 0.6 is 22.6 Å². The number of nitriles is 1. The van der Waals surface area contributed by atoms with Gasteiger partial charge in [0.15, 0.2) is 0 Å². The second-order valence-electron chi connectivity index (χ2n) is 4.76. The molecule has 4 heteroatoms. The second kappa shape index (κ2) is 5.34. The van der Waals surface area contributed by atoms with Crippen LogP contribution < -0.4 is 5.56 Å². The third kappa shape index (κ3) is 2.24. The van der Waals surface area contributed by atoms with E-state index in [2.05, 4.69) is 28.7 Å². The standard InChI is InChI=1S/C17H11IN2O/c1-20-15(10-19)16(11-5-3-2-4-6-11)14-9-12(18)7-8-13(14)17(20)21/h2-9H,1H3. The average molecular weight is 386 g/mol. The second-order valence-corrected chi connectivity index (χ2v) is 6.00. The largest absolute Gasteiger partial charge is 0.302 e. The number of halogens is 1. The fraction of sp³-hybridized carbons (Fsp3) is 0.0588. The van der Waals surface area contributed by atoms with Crippen molar-refractivity contribution in [1.29, 1.82) is 5.26 Å². The van der Waals surface area contributed by atoms with E-state index in [0.29, 0.717) is 11.1 Å². The predicted octanol–water partition coefficient (Wildman–Crippen LogP) is 3.68. The molecule has 0 radical (unpaired) electrons. The highest BCUT2D eigenvalue weighted by molar-refractivity contribution is 14.1. The predicted molar refractivity (Wildman–Crippen MR) is 92.1 cm³/mol. The lowest BCUT2D eigenvalue weighted by molar-refractivity contribution is 0.856. The van der Waals surface area contributed by atoms with Crippen molar-refractivity contribution in [3.63, 3.8) is 0 Å². The zero-order chi connectivity index (χ0) is 15.0. The summed E-state index contributed by atoms with van der Waals surface area (Å²) < 4.78 is 2.46. The van der Waals surface area contributed by atoms with Crippen LogP contribution in [0.4, 0.5) is 0 Å². The third-order valence-electron chi connectivity index (χ3n) is 3.53. The van der Waals surface area contributed by atoms with Crippen molar-refractivity contribution in [3.05, 3.63) is 68.1 Å². The Morgan fingerprint density at radius 3 is 2.48 bits per heavy atom. The van der Waals surface area contributed by atoms with E-state index in [9.17, 15) is 10.1 Å². The maximum Gasteiger partial charge on any atom is 0.259 e. The molecule has 0 aliphatic carbocycles. The van der Waals surface area contributed by atoms with Gasteiger partial charge in [0.1, 0.15) is 11.8 Å². The maximum absolute atomic E-state index is 12.4. The molecule has 1 heterocycles. The molecule has 3 nitrogen and oxygen atoms in total. The van der Waals surface area contributed by atoms with Crippen molar-refractivity contribution in [2.75, 3.05) is 0 Å². The van der Waals surface area contributed by atoms with E-state index >= 15 is 0 Å². The molecule has 0 bridgehead atoms. The molecule has 1 aromatic heterocycles. The number of aromatic nitrogens is 1. The van der Waals surface area contributed by atoms with Gasteiger partial charge in [-0.1, -0.05) is 30.3 Å². The van der Waals surface area contributed by atoms with Gasteiger partial charge in [-0.05, 0) is 51.7 Å². The monoisotopic (exact) mass is 386 g/mol. The molecule has 0 aliphatic rings. The number of nitrogens with zero attached hydrogens (tertiary/aromatic N) is 2. The summed E-state index contributed by atoms with van der Waals surface area (Å²) in [5, 5.41) is 11.0. The number of fused-ring (bicyclic) bond motifs is 1. The molecule has 3 aromatic rings. The summed E-state index contributed by atoms with van der Waals surface area (Å²) in [5.74, 6) is 0. The lowest BCUT2D eigenvalue weighted by Gasteiger charge is -2.13. The Kier molecular flexibility index (Phi) is 3.52. The van der Waals surface area contributed by atoms with E-state index in [0.717, 1.165) is 20.1 Å². The highest BCUT2D eigenvalue weighted by Gasteiger charge is 2.16. The van der Waals surface area contributed by atoms with Gasteiger partial charge in [-0.2, -0.15) is 5.26 Å². The summed E-state index contributed by atoms with van der Waals surface area (Å²) in [6.45, 7) is 0. The van der Waals surface area contributed by atoms with Crippen molar-refractivity contribution in [2.24, 2.45) is 7.05 Å². The van der Waals surface area contributed by atoms with Gasteiger partial charge in [0, 0.05) is 21.6 Å². The van der Waals surface area contributed by atoms with Crippen LogP contribution in [-0.4, -0.2) is 4.57 Å². The van der Waals surface area contributed by atoms with Crippen molar-refractivity contribution in [3.8, 4) is 17.2 Å². The van der Waals surface area contributed by atoms with E-state index in [1.54, 1.807) is 7.05 Å². The van der Waals surface area contributed by atoms with Crippen LogP contribution in [0.3, 0.4) is 0 Å². The summed E-state index contributed by atoms with van der Waals surface area (Å²) in [6.07, 6.45) is 0. The Morgan fingerprint density at radius 1 is 1.10 bits per heavy atom. The minimum atomic E-state index is -0.141. The van der Waals surface area contributed by atoms with E-state index in [-0.39, 0.29) is 5.56 Å². The lowest BCUT2D eigenvalue weighted by Crippen LogP contribution is -2.20. The minimum Gasteiger partial charge on any atom is -0.302 e. The lowest BCUT2D eigenvalue weighted by atomic mass is 9.97. The molecule has 0 atom stereocenters. The Hall–Kier alpha value is -2.13. The van der Waals surface area contributed by atoms with E-state index < -0.39 is 0 Å². The van der Waals surface area contributed by atoms with Crippen molar-refractivity contribution in [2.45, 2.75) is 0 Å². The van der Waals surface area contributed by atoms with Crippen LogP contribution in [0.2, 0.25) is 0 Å². The van der Waals surface area contributed by atoms with Crippen LogP contribution in [0.25, 0.3) is 21.9 Å². The molecule has 0 unspecified atom stereocenters. The Balaban J connectivity index is 2.58. The molecular weight excluding hydrogens is 375 g/mol. The molecule has 0 saturated heterocycles. The fourth-order valence-corrected chi connectivity index (χ4v) is 3.01. The third-order valence-corrected chi connectivity index (χ3v) is 4.20.